The fourth-order valence-electron chi connectivity index (χ4n) is 2.53. The minimum atomic E-state index is -0.490. The molecular formula is C17H13N3O3S. The van der Waals surface area contributed by atoms with Gasteiger partial charge in [-0.2, -0.15) is 3.96 Å². The third-order valence-electron chi connectivity index (χ3n) is 3.76. The van der Waals surface area contributed by atoms with Gasteiger partial charge in [-0.1, -0.05) is 18.2 Å². The van der Waals surface area contributed by atoms with E-state index in [4.69, 9.17) is 4.42 Å². The van der Waals surface area contributed by atoms with Gasteiger partial charge in [0, 0.05) is 11.6 Å². The van der Waals surface area contributed by atoms with E-state index in [0.717, 1.165) is 26.5 Å². The largest absolute Gasteiger partial charge is 0.459 e. The summed E-state index contributed by atoms with van der Waals surface area (Å²) in [6.45, 7) is 1.81. The molecule has 0 aliphatic carbocycles. The van der Waals surface area contributed by atoms with Crippen LogP contribution in [0.15, 0.2) is 57.9 Å². The first-order valence-electron chi connectivity index (χ1n) is 7.40. The van der Waals surface area contributed by atoms with Gasteiger partial charge in [-0.05, 0) is 42.7 Å². The van der Waals surface area contributed by atoms with Crippen LogP contribution in [0.4, 0.5) is 4.79 Å². The van der Waals surface area contributed by atoms with Crippen molar-refractivity contribution in [2.45, 2.75) is 13.0 Å². The van der Waals surface area contributed by atoms with Gasteiger partial charge in [0.05, 0.1) is 11.4 Å². The normalized spacial score (nSPS) is 12.5. The molecule has 1 N–H and O–H groups in total. The molecule has 0 saturated carbocycles. The van der Waals surface area contributed by atoms with Crippen molar-refractivity contribution in [3.63, 3.8) is 0 Å². The Balaban J connectivity index is 1.62. The van der Waals surface area contributed by atoms with E-state index < -0.39 is 6.03 Å². The first-order chi connectivity index (χ1) is 11.6. The van der Waals surface area contributed by atoms with Gasteiger partial charge in [-0.15, -0.1) is 0 Å². The number of hydrogen-bond acceptors (Lipinski definition) is 5. The molecule has 0 aliphatic rings. The van der Waals surface area contributed by atoms with Crippen LogP contribution in [-0.4, -0.2) is 15.0 Å². The highest BCUT2D eigenvalue weighted by Crippen LogP contribution is 2.23. The zero-order chi connectivity index (χ0) is 16.7. The molecule has 4 rings (SSSR count). The van der Waals surface area contributed by atoms with Gasteiger partial charge in [0.15, 0.2) is 0 Å². The monoisotopic (exact) mass is 339 g/mol. The molecular weight excluding hydrogens is 326 g/mol. The summed E-state index contributed by atoms with van der Waals surface area (Å²) in [6, 6.07) is 12.0. The SMILES string of the molecule is CC(NC(=O)n1sc2ncccc2c1=O)c1cc2ccccc2o1. The van der Waals surface area contributed by atoms with Crippen molar-refractivity contribution in [2.24, 2.45) is 0 Å². The topological polar surface area (TPSA) is 77.1 Å². The van der Waals surface area contributed by atoms with Crippen molar-refractivity contribution in [3.8, 4) is 0 Å². The summed E-state index contributed by atoms with van der Waals surface area (Å²) in [4.78, 5) is 29.4. The summed E-state index contributed by atoms with van der Waals surface area (Å²) in [5.41, 5.74) is 0.397. The Morgan fingerprint density at radius 2 is 2.12 bits per heavy atom. The Kier molecular flexibility index (Phi) is 3.42. The fourth-order valence-corrected chi connectivity index (χ4v) is 3.38. The number of rotatable bonds is 2. The molecule has 0 fully saturated rings. The Morgan fingerprint density at radius 3 is 2.92 bits per heavy atom. The van der Waals surface area contributed by atoms with Crippen molar-refractivity contribution in [2.75, 3.05) is 0 Å². The van der Waals surface area contributed by atoms with Crippen molar-refractivity contribution in [1.29, 1.82) is 0 Å². The van der Waals surface area contributed by atoms with E-state index in [1.807, 2.05) is 37.3 Å². The van der Waals surface area contributed by atoms with Crippen LogP contribution < -0.4 is 10.9 Å². The van der Waals surface area contributed by atoms with E-state index in [0.29, 0.717) is 16.0 Å². The number of hydrogen-bond donors (Lipinski definition) is 1. The minimum Gasteiger partial charge on any atom is -0.459 e. The molecule has 120 valence electrons. The molecule has 0 spiro atoms. The molecule has 1 atom stereocenters. The van der Waals surface area contributed by atoms with Crippen molar-refractivity contribution >= 4 is 38.7 Å². The zero-order valence-corrected chi connectivity index (χ0v) is 13.5. The highest BCUT2D eigenvalue weighted by atomic mass is 32.1. The number of nitrogens with one attached hydrogen (secondary N) is 1. The number of benzene rings is 1. The third-order valence-corrected chi connectivity index (χ3v) is 4.77. The van der Waals surface area contributed by atoms with Crippen LogP contribution >= 0.6 is 11.5 Å². The molecule has 7 heteroatoms. The molecule has 0 radical (unpaired) electrons. The van der Waals surface area contributed by atoms with Crippen molar-refractivity contribution in [3.05, 3.63) is 64.8 Å². The maximum Gasteiger partial charge on any atom is 0.338 e. The molecule has 6 nitrogen and oxygen atoms in total. The van der Waals surface area contributed by atoms with Crippen LogP contribution in [0.3, 0.4) is 0 Å². The minimum absolute atomic E-state index is 0.364. The summed E-state index contributed by atoms with van der Waals surface area (Å²) < 4.78 is 6.82. The Labute approximate surface area is 140 Å². The average Bonchev–Trinajstić information content (AvgIpc) is 3.17. The summed E-state index contributed by atoms with van der Waals surface area (Å²) >= 11 is 1.02. The van der Waals surface area contributed by atoms with Crippen LogP contribution in [0.25, 0.3) is 21.2 Å². The second-order valence-corrected chi connectivity index (χ2v) is 6.34. The van der Waals surface area contributed by atoms with Gasteiger partial charge < -0.3 is 9.73 Å². The lowest BCUT2D eigenvalue weighted by Gasteiger charge is -2.10. The number of aromatic nitrogens is 2. The molecule has 24 heavy (non-hydrogen) atoms. The molecule has 3 aromatic heterocycles. The number of nitrogens with zero attached hydrogens (tertiary/aromatic N) is 2. The van der Waals surface area contributed by atoms with Crippen LogP contribution in [0.5, 0.6) is 0 Å². The summed E-state index contributed by atoms with van der Waals surface area (Å²) in [6.07, 6.45) is 1.59. The van der Waals surface area contributed by atoms with E-state index in [-0.39, 0.29) is 11.6 Å². The lowest BCUT2D eigenvalue weighted by molar-refractivity contribution is 0.239. The second-order valence-electron chi connectivity index (χ2n) is 5.40. The Hall–Kier alpha value is -2.93. The molecule has 4 aromatic rings. The molecule has 3 heterocycles. The number of pyridine rings is 1. The smallest absolute Gasteiger partial charge is 0.338 e. The van der Waals surface area contributed by atoms with E-state index >= 15 is 0 Å². The lowest BCUT2D eigenvalue weighted by atomic mass is 10.2. The van der Waals surface area contributed by atoms with Crippen LogP contribution in [0.1, 0.15) is 18.7 Å². The molecule has 1 unspecified atom stereocenters. The fraction of sp³-hybridized carbons (Fsp3) is 0.118. The van der Waals surface area contributed by atoms with E-state index in [2.05, 4.69) is 10.3 Å². The summed E-state index contributed by atoms with van der Waals surface area (Å²) in [7, 11) is 0. The predicted octanol–water partition coefficient (Wildman–Crippen LogP) is 3.52. The van der Waals surface area contributed by atoms with Gasteiger partial charge in [0.2, 0.25) is 0 Å². The van der Waals surface area contributed by atoms with E-state index in [1.54, 1.807) is 18.3 Å². The molecule has 0 bridgehead atoms. The zero-order valence-electron chi connectivity index (χ0n) is 12.7. The Bertz CT molecular complexity index is 1080. The molecule has 0 saturated heterocycles. The standard InChI is InChI=1S/C17H13N3O3S/c1-10(14-9-11-5-2-3-7-13(11)23-14)19-17(22)20-16(21)12-6-4-8-18-15(12)24-20/h2-10H,1H3,(H,19,22). The number of carbonyl (C=O) groups excluding carboxylic acids is 1. The number of furan rings is 1. The number of fused-ring (bicyclic) bond motifs is 2. The third kappa shape index (κ3) is 2.39. The average molecular weight is 339 g/mol. The maximum atomic E-state index is 12.4. The predicted molar refractivity (Wildman–Crippen MR) is 92.4 cm³/mol. The maximum absolute atomic E-state index is 12.4. The van der Waals surface area contributed by atoms with Crippen LogP contribution in [0.2, 0.25) is 0 Å². The van der Waals surface area contributed by atoms with Gasteiger partial charge in [0.25, 0.3) is 5.56 Å². The van der Waals surface area contributed by atoms with Gasteiger partial charge in [-0.25, -0.2) is 9.78 Å². The summed E-state index contributed by atoms with van der Waals surface area (Å²) in [5, 5.41) is 4.20. The lowest BCUT2D eigenvalue weighted by Crippen LogP contribution is -2.34. The quantitative estimate of drug-likeness (QED) is 0.606. The highest BCUT2D eigenvalue weighted by Gasteiger charge is 2.19. The van der Waals surface area contributed by atoms with Gasteiger partial charge >= 0.3 is 6.03 Å². The summed E-state index contributed by atoms with van der Waals surface area (Å²) in [5.74, 6) is 0.636. The van der Waals surface area contributed by atoms with E-state index in [9.17, 15) is 9.59 Å². The van der Waals surface area contributed by atoms with Crippen molar-refractivity contribution in [1.82, 2.24) is 14.3 Å². The molecule has 1 aromatic carbocycles. The first kappa shape index (κ1) is 14.6. The van der Waals surface area contributed by atoms with Crippen molar-refractivity contribution < 1.29 is 9.21 Å². The number of amides is 1. The first-order valence-corrected chi connectivity index (χ1v) is 8.17. The number of carbonyl (C=O) groups is 1. The second kappa shape index (κ2) is 5.61. The number of para-hydroxylation sites is 1. The van der Waals surface area contributed by atoms with Crippen LogP contribution in [0, 0.1) is 0 Å². The van der Waals surface area contributed by atoms with E-state index in [1.165, 1.54) is 0 Å². The van der Waals surface area contributed by atoms with Gasteiger partial charge in [-0.3, -0.25) is 4.79 Å². The van der Waals surface area contributed by atoms with Gasteiger partial charge in [0.1, 0.15) is 16.2 Å². The van der Waals surface area contributed by atoms with Crippen LogP contribution in [-0.2, 0) is 0 Å². The highest BCUT2D eigenvalue weighted by molar-refractivity contribution is 7.14. The molecule has 1 amide bonds. The molecule has 0 aliphatic heterocycles. The Morgan fingerprint density at radius 1 is 1.29 bits per heavy atom.